The van der Waals surface area contributed by atoms with Gasteiger partial charge in [-0.1, -0.05) is 6.08 Å². The highest BCUT2D eigenvalue weighted by Gasteiger charge is 1.76. The monoisotopic (exact) mass is 132 g/mol. The van der Waals surface area contributed by atoms with Crippen LogP contribution in [0.4, 0.5) is 0 Å². The zero-order chi connectivity index (χ0) is 6.41. The van der Waals surface area contributed by atoms with Crippen LogP contribution in [0.25, 0.3) is 0 Å². The second-order valence-electron chi connectivity index (χ2n) is 1.27. The van der Waals surface area contributed by atoms with Crippen molar-refractivity contribution in [3.05, 3.63) is 24.0 Å². The highest BCUT2D eigenvalue weighted by Crippen LogP contribution is 1.89. The maximum Gasteiger partial charge on any atom is 0.111 e. The Kier molecular flexibility index (Phi) is 4.47. The highest BCUT2D eigenvalue weighted by molar-refractivity contribution is 6.18. The second-order valence-corrected chi connectivity index (χ2v) is 1.58. The average molecular weight is 133 g/mol. The van der Waals surface area contributed by atoms with Gasteiger partial charge in [0.25, 0.3) is 0 Å². The summed E-state index contributed by atoms with van der Waals surface area (Å²) < 4.78 is 0. The fraction of sp³-hybridized carbons (Fsp3) is 0.333. The van der Waals surface area contributed by atoms with E-state index >= 15 is 0 Å². The Balaban J connectivity index is 3.53. The third kappa shape index (κ3) is 3.75. The van der Waals surface area contributed by atoms with Gasteiger partial charge in [-0.25, -0.2) is 0 Å². The first-order valence-electron chi connectivity index (χ1n) is 2.39. The minimum Gasteiger partial charge on any atom is -0.508 e. The molecule has 8 heavy (non-hydrogen) atoms. The summed E-state index contributed by atoms with van der Waals surface area (Å²) >= 11 is 5.28. The fourth-order valence-electron chi connectivity index (χ4n) is 0.262. The van der Waals surface area contributed by atoms with Crippen LogP contribution in [0.2, 0.25) is 0 Å². The van der Waals surface area contributed by atoms with E-state index < -0.39 is 0 Å². The highest BCUT2D eigenvalue weighted by atomic mass is 35.5. The Morgan fingerprint density at radius 1 is 1.75 bits per heavy atom. The minimum atomic E-state index is 0.255. The molecule has 0 saturated carbocycles. The summed E-state index contributed by atoms with van der Waals surface area (Å²) in [4.78, 5) is 0. The molecule has 0 fully saturated rings. The van der Waals surface area contributed by atoms with Gasteiger partial charge in [0.15, 0.2) is 0 Å². The first kappa shape index (κ1) is 7.57. The van der Waals surface area contributed by atoms with Gasteiger partial charge in [0, 0.05) is 5.88 Å². The van der Waals surface area contributed by atoms with E-state index in [0.717, 1.165) is 0 Å². The third-order valence-corrected chi connectivity index (χ3v) is 0.852. The lowest BCUT2D eigenvalue weighted by Crippen LogP contribution is -1.70. The molecule has 0 radical (unpaired) electrons. The van der Waals surface area contributed by atoms with Crippen molar-refractivity contribution in [1.82, 2.24) is 0 Å². The van der Waals surface area contributed by atoms with Crippen molar-refractivity contribution >= 4 is 11.6 Å². The molecule has 0 rings (SSSR count). The van der Waals surface area contributed by atoms with Crippen molar-refractivity contribution in [3.63, 3.8) is 0 Å². The molecule has 2 heteroatoms. The molecule has 46 valence electrons. The van der Waals surface area contributed by atoms with Crippen molar-refractivity contribution in [2.75, 3.05) is 5.88 Å². The van der Waals surface area contributed by atoms with Crippen LogP contribution in [0, 0.1) is 0 Å². The number of aliphatic hydroxyl groups excluding tert-OH is 1. The molecular formula is C6H9ClO. The predicted octanol–water partition coefficient (Wildman–Crippen LogP) is 2.24. The Labute approximate surface area is 54.3 Å². The fourth-order valence-corrected chi connectivity index (χ4v) is 0.351. The molecular weight excluding hydrogens is 124 g/mol. The molecule has 0 heterocycles. The van der Waals surface area contributed by atoms with E-state index in [-0.39, 0.29) is 5.76 Å². The zero-order valence-corrected chi connectivity index (χ0v) is 5.52. The van der Waals surface area contributed by atoms with Crippen LogP contribution in [-0.2, 0) is 0 Å². The lowest BCUT2D eigenvalue weighted by Gasteiger charge is -1.83. The molecule has 1 N–H and O–H groups in total. The Morgan fingerprint density at radius 3 is 2.75 bits per heavy atom. The van der Waals surface area contributed by atoms with Crippen LogP contribution in [0.5, 0.6) is 0 Å². The first-order valence-corrected chi connectivity index (χ1v) is 2.92. The van der Waals surface area contributed by atoms with Crippen molar-refractivity contribution in [2.45, 2.75) is 6.92 Å². The van der Waals surface area contributed by atoms with E-state index in [1.54, 1.807) is 25.2 Å². The largest absolute Gasteiger partial charge is 0.508 e. The molecule has 0 aromatic heterocycles. The summed E-state index contributed by atoms with van der Waals surface area (Å²) in [6.07, 6.45) is 4.84. The summed E-state index contributed by atoms with van der Waals surface area (Å²) in [5, 5.41) is 8.70. The number of hydrogen-bond donors (Lipinski definition) is 1. The van der Waals surface area contributed by atoms with Crippen molar-refractivity contribution in [3.8, 4) is 0 Å². The Bertz CT molecular complexity index is 105. The second kappa shape index (κ2) is 4.72. The van der Waals surface area contributed by atoms with E-state index in [4.69, 9.17) is 16.7 Å². The van der Waals surface area contributed by atoms with Crippen molar-refractivity contribution < 1.29 is 5.11 Å². The molecule has 1 nitrogen and oxygen atoms in total. The van der Waals surface area contributed by atoms with E-state index in [2.05, 4.69) is 0 Å². The standard InChI is InChI=1S/C6H9ClO/c1-2-6(8)4-3-5-7/h2-4,8H,5H2,1H3/b4-3-,6-2+. The van der Waals surface area contributed by atoms with Gasteiger partial charge in [0.05, 0.1) is 0 Å². The lowest BCUT2D eigenvalue weighted by molar-refractivity contribution is 0.431. The van der Waals surface area contributed by atoms with Crippen LogP contribution < -0.4 is 0 Å². The summed E-state index contributed by atoms with van der Waals surface area (Å²) in [5.74, 6) is 0.698. The normalized spacial score (nSPS) is 13.0. The Hall–Kier alpha value is -0.430. The molecule has 0 unspecified atom stereocenters. The summed E-state index contributed by atoms with van der Waals surface area (Å²) in [5.41, 5.74) is 0. The van der Waals surface area contributed by atoms with Crippen LogP contribution in [0.3, 0.4) is 0 Å². The van der Waals surface area contributed by atoms with E-state index in [1.165, 1.54) is 0 Å². The molecule has 0 bridgehead atoms. The van der Waals surface area contributed by atoms with Gasteiger partial charge < -0.3 is 5.11 Å². The SMILES string of the molecule is C/C=C(O)\C=C/CCl. The third-order valence-electron chi connectivity index (χ3n) is 0.673. The number of alkyl halides is 1. The van der Waals surface area contributed by atoms with Gasteiger partial charge in [-0.15, -0.1) is 11.6 Å². The molecule has 0 atom stereocenters. The van der Waals surface area contributed by atoms with Gasteiger partial charge >= 0.3 is 0 Å². The molecule has 0 amide bonds. The van der Waals surface area contributed by atoms with E-state index in [0.29, 0.717) is 5.88 Å². The van der Waals surface area contributed by atoms with Crippen molar-refractivity contribution in [1.29, 1.82) is 0 Å². The van der Waals surface area contributed by atoms with Crippen molar-refractivity contribution in [2.24, 2.45) is 0 Å². The first-order chi connectivity index (χ1) is 3.81. The van der Waals surface area contributed by atoms with Gasteiger partial charge in [0.1, 0.15) is 5.76 Å². The lowest BCUT2D eigenvalue weighted by atomic mass is 10.4. The number of hydrogen-bond acceptors (Lipinski definition) is 1. The smallest absolute Gasteiger partial charge is 0.111 e. The maximum absolute atomic E-state index is 8.70. The van der Waals surface area contributed by atoms with E-state index in [9.17, 15) is 0 Å². The molecule has 0 aromatic carbocycles. The van der Waals surface area contributed by atoms with E-state index in [1.807, 2.05) is 0 Å². The molecule has 0 spiro atoms. The maximum atomic E-state index is 8.70. The van der Waals surface area contributed by atoms with Crippen LogP contribution in [-0.4, -0.2) is 11.0 Å². The molecule has 0 aliphatic heterocycles. The topological polar surface area (TPSA) is 20.2 Å². The Morgan fingerprint density at radius 2 is 2.38 bits per heavy atom. The molecule has 0 aliphatic carbocycles. The number of allylic oxidation sites excluding steroid dienone is 3. The van der Waals surface area contributed by atoms with Gasteiger partial charge in [-0.3, -0.25) is 0 Å². The summed E-state index contributed by atoms with van der Waals surface area (Å²) in [7, 11) is 0. The number of halogens is 1. The van der Waals surface area contributed by atoms with Crippen LogP contribution >= 0.6 is 11.6 Å². The van der Waals surface area contributed by atoms with Gasteiger partial charge in [-0.2, -0.15) is 0 Å². The summed E-state index contributed by atoms with van der Waals surface area (Å²) in [6, 6.07) is 0. The minimum absolute atomic E-state index is 0.255. The summed E-state index contributed by atoms with van der Waals surface area (Å²) in [6.45, 7) is 1.76. The quantitative estimate of drug-likeness (QED) is 0.347. The number of aliphatic hydroxyl groups is 1. The predicted molar refractivity (Wildman–Crippen MR) is 36.2 cm³/mol. The molecule has 0 aromatic rings. The van der Waals surface area contributed by atoms with Gasteiger partial charge in [-0.05, 0) is 19.1 Å². The molecule has 0 saturated heterocycles. The average Bonchev–Trinajstić information content (AvgIpc) is 1.83. The molecule has 0 aliphatic rings. The van der Waals surface area contributed by atoms with Crippen LogP contribution in [0.15, 0.2) is 24.0 Å². The van der Waals surface area contributed by atoms with Crippen LogP contribution in [0.1, 0.15) is 6.92 Å². The number of rotatable bonds is 2. The van der Waals surface area contributed by atoms with Gasteiger partial charge in [0.2, 0.25) is 0 Å². The zero-order valence-electron chi connectivity index (χ0n) is 4.76.